The first kappa shape index (κ1) is 14.8. The van der Waals surface area contributed by atoms with E-state index in [1.54, 1.807) is 0 Å². The van der Waals surface area contributed by atoms with Gasteiger partial charge in [0.1, 0.15) is 0 Å². The predicted octanol–water partition coefficient (Wildman–Crippen LogP) is 1.08. The highest BCUT2D eigenvalue weighted by molar-refractivity contribution is 5.81. The van der Waals surface area contributed by atoms with Crippen molar-refractivity contribution in [2.75, 3.05) is 26.2 Å². The molecular formula is C15H29N3O. The third kappa shape index (κ3) is 3.11. The van der Waals surface area contributed by atoms with Gasteiger partial charge in [0, 0.05) is 19.1 Å². The molecule has 0 spiro atoms. The van der Waals surface area contributed by atoms with E-state index in [4.69, 9.17) is 0 Å². The van der Waals surface area contributed by atoms with Crippen molar-refractivity contribution >= 4 is 5.91 Å². The minimum absolute atomic E-state index is 0.00861. The first-order chi connectivity index (χ1) is 9.04. The van der Waals surface area contributed by atoms with Crippen molar-refractivity contribution in [1.29, 1.82) is 0 Å². The Balaban J connectivity index is 1.94. The molecule has 0 bridgehead atoms. The lowest BCUT2D eigenvalue weighted by molar-refractivity contribution is -0.126. The standard InChI is InChI=1S/C15H29N3O/c1-5-14-13-8-16-7-12(13)9-18(14)11(4)15(19)17-6-10(2)3/h10-14,16H,5-9H2,1-4H3,(H,17,19). The van der Waals surface area contributed by atoms with Crippen LogP contribution in [0.2, 0.25) is 0 Å². The van der Waals surface area contributed by atoms with Crippen LogP contribution < -0.4 is 10.6 Å². The van der Waals surface area contributed by atoms with E-state index < -0.39 is 0 Å². The zero-order chi connectivity index (χ0) is 14.0. The van der Waals surface area contributed by atoms with Gasteiger partial charge in [-0.25, -0.2) is 0 Å². The first-order valence-electron chi connectivity index (χ1n) is 7.78. The summed E-state index contributed by atoms with van der Waals surface area (Å²) in [4.78, 5) is 14.7. The van der Waals surface area contributed by atoms with Gasteiger partial charge >= 0.3 is 0 Å². The summed E-state index contributed by atoms with van der Waals surface area (Å²) in [6.45, 7) is 12.7. The summed E-state index contributed by atoms with van der Waals surface area (Å²) in [5, 5.41) is 6.56. The molecule has 4 heteroatoms. The molecule has 0 aromatic carbocycles. The van der Waals surface area contributed by atoms with Gasteiger partial charge in [-0.3, -0.25) is 9.69 Å². The van der Waals surface area contributed by atoms with Crippen molar-refractivity contribution in [2.45, 2.75) is 46.2 Å². The lowest BCUT2D eigenvalue weighted by Gasteiger charge is -2.31. The van der Waals surface area contributed by atoms with Crippen molar-refractivity contribution in [2.24, 2.45) is 17.8 Å². The SMILES string of the molecule is CCC1C2CNCC2CN1C(C)C(=O)NCC(C)C. The second-order valence-electron chi connectivity index (χ2n) is 6.57. The highest BCUT2D eigenvalue weighted by atomic mass is 16.2. The van der Waals surface area contributed by atoms with Crippen LogP contribution in [0, 0.1) is 17.8 Å². The van der Waals surface area contributed by atoms with Crippen LogP contribution in [0.25, 0.3) is 0 Å². The van der Waals surface area contributed by atoms with E-state index >= 15 is 0 Å². The van der Waals surface area contributed by atoms with Gasteiger partial charge in [-0.15, -0.1) is 0 Å². The quantitative estimate of drug-likeness (QED) is 0.783. The molecule has 4 unspecified atom stereocenters. The number of nitrogens with zero attached hydrogens (tertiary/aromatic N) is 1. The van der Waals surface area contributed by atoms with Crippen LogP contribution in [-0.2, 0) is 4.79 Å². The Hall–Kier alpha value is -0.610. The molecule has 4 atom stereocenters. The topological polar surface area (TPSA) is 44.4 Å². The van der Waals surface area contributed by atoms with E-state index in [1.165, 1.54) is 0 Å². The summed E-state index contributed by atoms with van der Waals surface area (Å²) < 4.78 is 0. The number of hydrogen-bond donors (Lipinski definition) is 2. The van der Waals surface area contributed by atoms with Crippen molar-refractivity contribution in [3.05, 3.63) is 0 Å². The fourth-order valence-electron chi connectivity index (χ4n) is 3.64. The summed E-state index contributed by atoms with van der Waals surface area (Å²) in [5.41, 5.74) is 0. The molecule has 110 valence electrons. The van der Waals surface area contributed by atoms with E-state index in [9.17, 15) is 4.79 Å². The second kappa shape index (κ2) is 6.23. The lowest BCUT2D eigenvalue weighted by atomic mass is 9.92. The van der Waals surface area contributed by atoms with E-state index in [1.807, 2.05) is 0 Å². The maximum Gasteiger partial charge on any atom is 0.237 e. The minimum atomic E-state index is 0.00861. The summed E-state index contributed by atoms with van der Waals surface area (Å²) in [5.74, 6) is 2.19. The van der Waals surface area contributed by atoms with E-state index in [0.29, 0.717) is 12.0 Å². The minimum Gasteiger partial charge on any atom is -0.354 e. The Morgan fingerprint density at radius 1 is 1.37 bits per heavy atom. The number of hydrogen-bond acceptors (Lipinski definition) is 3. The Kier molecular flexibility index (Phi) is 4.85. The van der Waals surface area contributed by atoms with Crippen LogP contribution in [0.1, 0.15) is 34.1 Å². The first-order valence-corrected chi connectivity index (χ1v) is 7.78. The van der Waals surface area contributed by atoms with E-state index in [-0.39, 0.29) is 11.9 Å². The lowest BCUT2D eigenvalue weighted by Crippen LogP contribution is -2.49. The van der Waals surface area contributed by atoms with Crippen LogP contribution in [0.4, 0.5) is 0 Å². The maximum absolute atomic E-state index is 12.2. The van der Waals surface area contributed by atoms with Gasteiger partial charge in [-0.05, 0) is 44.2 Å². The number of carbonyl (C=O) groups is 1. The molecule has 0 aromatic heterocycles. The molecule has 0 aliphatic carbocycles. The van der Waals surface area contributed by atoms with Crippen molar-refractivity contribution in [3.63, 3.8) is 0 Å². The molecule has 2 aliphatic heterocycles. The van der Waals surface area contributed by atoms with Gasteiger partial charge in [0.15, 0.2) is 0 Å². The highest BCUT2D eigenvalue weighted by Crippen LogP contribution is 2.35. The summed E-state index contributed by atoms with van der Waals surface area (Å²) in [6.07, 6.45) is 1.14. The van der Waals surface area contributed by atoms with Crippen molar-refractivity contribution in [1.82, 2.24) is 15.5 Å². The number of carbonyl (C=O) groups excluding carboxylic acids is 1. The zero-order valence-electron chi connectivity index (χ0n) is 12.8. The van der Waals surface area contributed by atoms with Gasteiger partial charge < -0.3 is 10.6 Å². The monoisotopic (exact) mass is 267 g/mol. The Morgan fingerprint density at radius 3 is 2.74 bits per heavy atom. The molecule has 2 saturated heterocycles. The summed E-state index contributed by atoms with van der Waals surface area (Å²) in [6, 6.07) is 0.578. The normalized spacial score (nSPS) is 32.6. The van der Waals surface area contributed by atoms with Gasteiger partial charge in [0.25, 0.3) is 0 Å². The van der Waals surface area contributed by atoms with E-state index in [2.05, 4.69) is 43.2 Å². The van der Waals surface area contributed by atoms with Crippen molar-refractivity contribution < 1.29 is 4.79 Å². The van der Waals surface area contributed by atoms with Gasteiger partial charge in [-0.1, -0.05) is 20.8 Å². The van der Waals surface area contributed by atoms with E-state index in [0.717, 1.165) is 44.4 Å². The van der Waals surface area contributed by atoms with Gasteiger partial charge in [0.05, 0.1) is 6.04 Å². The molecular weight excluding hydrogens is 238 g/mol. The molecule has 4 nitrogen and oxygen atoms in total. The number of fused-ring (bicyclic) bond motifs is 1. The maximum atomic E-state index is 12.2. The average molecular weight is 267 g/mol. The molecule has 0 saturated carbocycles. The molecule has 2 heterocycles. The molecule has 0 aromatic rings. The fourth-order valence-corrected chi connectivity index (χ4v) is 3.64. The van der Waals surface area contributed by atoms with Gasteiger partial charge in [-0.2, -0.15) is 0 Å². The van der Waals surface area contributed by atoms with Crippen LogP contribution in [-0.4, -0.2) is 49.1 Å². The number of nitrogens with one attached hydrogen (secondary N) is 2. The Bertz CT molecular complexity index is 319. The molecule has 2 rings (SSSR count). The number of likely N-dealkylation sites (tertiary alicyclic amines) is 1. The summed E-state index contributed by atoms with van der Waals surface area (Å²) >= 11 is 0. The smallest absolute Gasteiger partial charge is 0.237 e. The molecule has 0 radical (unpaired) electrons. The third-order valence-electron chi connectivity index (χ3n) is 4.74. The van der Waals surface area contributed by atoms with Crippen molar-refractivity contribution in [3.8, 4) is 0 Å². The van der Waals surface area contributed by atoms with Crippen LogP contribution in [0.5, 0.6) is 0 Å². The highest BCUT2D eigenvalue weighted by Gasteiger charge is 2.45. The molecule has 2 N–H and O–H groups in total. The fraction of sp³-hybridized carbons (Fsp3) is 0.933. The third-order valence-corrected chi connectivity index (χ3v) is 4.74. The second-order valence-corrected chi connectivity index (χ2v) is 6.57. The molecule has 1 amide bonds. The zero-order valence-corrected chi connectivity index (χ0v) is 12.8. The molecule has 2 aliphatic rings. The van der Waals surface area contributed by atoms with Crippen LogP contribution in [0.15, 0.2) is 0 Å². The Labute approximate surface area is 117 Å². The predicted molar refractivity (Wildman–Crippen MR) is 77.9 cm³/mol. The average Bonchev–Trinajstić information content (AvgIpc) is 2.94. The summed E-state index contributed by atoms with van der Waals surface area (Å²) in [7, 11) is 0. The van der Waals surface area contributed by atoms with Gasteiger partial charge in [0.2, 0.25) is 5.91 Å². The molecule has 19 heavy (non-hydrogen) atoms. The largest absolute Gasteiger partial charge is 0.354 e. The van der Waals surface area contributed by atoms with Crippen LogP contribution in [0.3, 0.4) is 0 Å². The number of rotatable bonds is 5. The Morgan fingerprint density at radius 2 is 2.11 bits per heavy atom. The molecule has 2 fully saturated rings. The number of amides is 1. The van der Waals surface area contributed by atoms with Crippen LogP contribution >= 0.6 is 0 Å².